The summed E-state index contributed by atoms with van der Waals surface area (Å²) in [6.07, 6.45) is 0. The summed E-state index contributed by atoms with van der Waals surface area (Å²) in [4.78, 5) is 12.0. The number of fused-ring (bicyclic) bond motifs is 3. The first kappa shape index (κ1) is 12.8. The molecule has 0 N–H and O–H groups in total. The number of methoxy groups -OCH3 is 2. The molecule has 4 nitrogen and oxygen atoms in total. The molecule has 0 saturated carbocycles. The van der Waals surface area contributed by atoms with E-state index in [-0.39, 0.29) is 0 Å². The van der Waals surface area contributed by atoms with Crippen LogP contribution in [0.5, 0.6) is 5.75 Å². The molecule has 0 atom stereocenters. The predicted molar refractivity (Wildman–Crippen MR) is 78.6 cm³/mol. The molecule has 3 aromatic rings. The maximum atomic E-state index is 12.0. The first-order chi connectivity index (χ1) is 9.69. The Morgan fingerprint density at radius 3 is 2.60 bits per heavy atom. The third kappa shape index (κ3) is 1.65. The Kier molecular flexibility index (Phi) is 3.03. The molecule has 0 spiro atoms. The van der Waals surface area contributed by atoms with Crippen LogP contribution in [-0.2, 0) is 4.74 Å². The van der Waals surface area contributed by atoms with Crippen molar-refractivity contribution < 1.29 is 14.3 Å². The maximum Gasteiger partial charge on any atom is 0.338 e. The van der Waals surface area contributed by atoms with E-state index in [0.29, 0.717) is 16.8 Å². The minimum absolute atomic E-state index is 0.398. The zero-order valence-corrected chi connectivity index (χ0v) is 11.8. The smallest absolute Gasteiger partial charge is 0.338 e. The minimum Gasteiger partial charge on any atom is -0.494 e. The van der Waals surface area contributed by atoms with Gasteiger partial charge in [0.05, 0.1) is 25.3 Å². The van der Waals surface area contributed by atoms with Crippen molar-refractivity contribution in [1.82, 2.24) is 4.09 Å². The lowest BCUT2D eigenvalue weighted by molar-refractivity contribution is 0.0603. The van der Waals surface area contributed by atoms with Crippen LogP contribution < -0.4 is 4.74 Å². The molecule has 20 heavy (non-hydrogen) atoms. The van der Waals surface area contributed by atoms with Crippen molar-refractivity contribution in [2.24, 2.45) is 0 Å². The Labute approximate surface area is 120 Å². The number of aromatic nitrogens is 1. The van der Waals surface area contributed by atoms with Gasteiger partial charge in [-0.05, 0) is 18.2 Å². The first-order valence-electron chi connectivity index (χ1n) is 6.03. The fourth-order valence-electron chi connectivity index (χ4n) is 2.46. The molecule has 2 aromatic carbocycles. The molecule has 0 radical (unpaired) electrons. The normalized spacial score (nSPS) is 10.9. The molecule has 0 unspecified atom stereocenters. The SMILES string of the molecule is COC(=O)c1ccc(OC)c2c1c1ccccc1n2Cl. The number of carbonyl (C=O) groups is 1. The summed E-state index contributed by atoms with van der Waals surface area (Å²) in [6.45, 7) is 0. The van der Waals surface area contributed by atoms with Crippen molar-refractivity contribution in [1.29, 1.82) is 0 Å². The van der Waals surface area contributed by atoms with Crippen molar-refractivity contribution in [3.05, 3.63) is 42.0 Å². The first-order valence-corrected chi connectivity index (χ1v) is 6.37. The number of carbonyl (C=O) groups excluding carboxylic acids is 1. The molecule has 0 amide bonds. The fourth-order valence-corrected chi connectivity index (χ4v) is 2.78. The number of rotatable bonds is 2. The Hall–Kier alpha value is -2.20. The van der Waals surface area contributed by atoms with Gasteiger partial charge in [-0.15, -0.1) is 0 Å². The standard InChI is InChI=1S/C15H12ClNO3/c1-19-12-8-7-10(15(18)20-2)13-9-5-3-4-6-11(9)17(16)14(12)13/h3-8H,1-2H3. The van der Waals surface area contributed by atoms with E-state index in [2.05, 4.69) is 0 Å². The van der Waals surface area contributed by atoms with E-state index in [1.54, 1.807) is 19.2 Å². The van der Waals surface area contributed by atoms with E-state index < -0.39 is 5.97 Å². The summed E-state index contributed by atoms with van der Waals surface area (Å²) in [5, 5.41) is 1.62. The number of hydrogen-bond donors (Lipinski definition) is 0. The highest BCUT2D eigenvalue weighted by molar-refractivity contribution is 6.29. The van der Waals surface area contributed by atoms with Crippen molar-refractivity contribution in [2.75, 3.05) is 14.2 Å². The summed E-state index contributed by atoms with van der Waals surface area (Å²) in [7, 11) is 2.93. The maximum absolute atomic E-state index is 12.0. The molecule has 102 valence electrons. The number of esters is 1. The van der Waals surface area contributed by atoms with Crippen LogP contribution in [0.2, 0.25) is 0 Å². The predicted octanol–water partition coefficient (Wildman–Crippen LogP) is 3.59. The second-order valence-electron chi connectivity index (χ2n) is 4.33. The molecule has 3 rings (SSSR count). The quantitative estimate of drug-likeness (QED) is 0.677. The van der Waals surface area contributed by atoms with E-state index in [0.717, 1.165) is 16.3 Å². The molecule has 0 bridgehead atoms. The molecule has 1 heterocycles. The lowest BCUT2D eigenvalue weighted by atomic mass is 10.1. The number of para-hydroxylation sites is 1. The highest BCUT2D eigenvalue weighted by Gasteiger charge is 2.20. The van der Waals surface area contributed by atoms with E-state index >= 15 is 0 Å². The molecular formula is C15H12ClNO3. The second-order valence-corrected chi connectivity index (χ2v) is 4.67. The average Bonchev–Trinajstić information content (AvgIpc) is 2.80. The van der Waals surface area contributed by atoms with E-state index in [4.69, 9.17) is 21.3 Å². The monoisotopic (exact) mass is 289 g/mol. The lowest BCUT2D eigenvalue weighted by Gasteiger charge is -2.07. The van der Waals surface area contributed by atoms with Crippen LogP contribution in [-0.4, -0.2) is 24.3 Å². The number of halogens is 1. The number of ether oxygens (including phenoxy) is 2. The van der Waals surface area contributed by atoms with Crippen molar-refractivity contribution in [3.8, 4) is 5.75 Å². The van der Waals surface area contributed by atoms with Gasteiger partial charge in [-0.1, -0.05) is 18.2 Å². The van der Waals surface area contributed by atoms with Gasteiger partial charge in [-0.25, -0.2) is 8.88 Å². The topological polar surface area (TPSA) is 40.5 Å². The summed E-state index contributed by atoms with van der Waals surface area (Å²) in [5.41, 5.74) is 1.95. The molecule has 5 heteroatoms. The van der Waals surface area contributed by atoms with Crippen LogP contribution in [0.1, 0.15) is 10.4 Å². The minimum atomic E-state index is -0.398. The average molecular weight is 290 g/mol. The lowest BCUT2D eigenvalue weighted by Crippen LogP contribution is -2.02. The van der Waals surface area contributed by atoms with Gasteiger partial charge in [0.15, 0.2) is 0 Å². The highest BCUT2D eigenvalue weighted by Crippen LogP contribution is 2.37. The molecule has 0 aliphatic carbocycles. The van der Waals surface area contributed by atoms with E-state index in [1.807, 2.05) is 24.3 Å². The molecule has 0 fully saturated rings. The van der Waals surface area contributed by atoms with Crippen molar-refractivity contribution in [2.45, 2.75) is 0 Å². The van der Waals surface area contributed by atoms with Gasteiger partial charge < -0.3 is 9.47 Å². The fraction of sp³-hybridized carbons (Fsp3) is 0.133. The van der Waals surface area contributed by atoms with Gasteiger partial charge in [0.2, 0.25) is 0 Å². The third-order valence-electron chi connectivity index (χ3n) is 3.35. The Balaban J connectivity index is 2.56. The Morgan fingerprint density at radius 1 is 1.15 bits per heavy atom. The summed E-state index contributed by atoms with van der Waals surface area (Å²) < 4.78 is 11.7. The molecule has 0 aliphatic heterocycles. The van der Waals surface area contributed by atoms with E-state index in [1.165, 1.54) is 11.2 Å². The summed E-state index contributed by atoms with van der Waals surface area (Å²) >= 11 is 6.38. The van der Waals surface area contributed by atoms with Gasteiger partial charge in [-0.3, -0.25) is 0 Å². The van der Waals surface area contributed by atoms with Gasteiger partial charge in [0.25, 0.3) is 0 Å². The number of benzene rings is 2. The summed E-state index contributed by atoms with van der Waals surface area (Å²) in [5.74, 6) is 0.213. The van der Waals surface area contributed by atoms with Gasteiger partial charge in [-0.2, -0.15) is 0 Å². The van der Waals surface area contributed by atoms with E-state index in [9.17, 15) is 4.79 Å². The van der Waals surface area contributed by atoms with Crippen LogP contribution in [0.25, 0.3) is 21.8 Å². The molecular weight excluding hydrogens is 278 g/mol. The molecule has 0 saturated heterocycles. The van der Waals surface area contributed by atoms with Crippen molar-refractivity contribution in [3.63, 3.8) is 0 Å². The zero-order valence-electron chi connectivity index (χ0n) is 11.0. The highest BCUT2D eigenvalue weighted by atomic mass is 35.5. The van der Waals surface area contributed by atoms with Gasteiger partial charge in [0, 0.05) is 22.5 Å². The van der Waals surface area contributed by atoms with Crippen molar-refractivity contribution >= 4 is 39.6 Å². The van der Waals surface area contributed by atoms with Crippen LogP contribution in [0.15, 0.2) is 36.4 Å². The van der Waals surface area contributed by atoms with Gasteiger partial charge in [0.1, 0.15) is 11.3 Å². The number of nitrogens with zero attached hydrogens (tertiary/aromatic N) is 1. The Morgan fingerprint density at radius 2 is 1.90 bits per heavy atom. The second kappa shape index (κ2) is 4.72. The van der Waals surface area contributed by atoms with Crippen LogP contribution >= 0.6 is 11.8 Å². The molecule has 1 aromatic heterocycles. The number of hydrogen-bond acceptors (Lipinski definition) is 3. The largest absolute Gasteiger partial charge is 0.494 e. The third-order valence-corrected chi connectivity index (χ3v) is 3.70. The van der Waals surface area contributed by atoms with Gasteiger partial charge >= 0.3 is 5.97 Å². The summed E-state index contributed by atoms with van der Waals surface area (Å²) in [6, 6.07) is 11.0. The molecule has 0 aliphatic rings. The zero-order chi connectivity index (χ0) is 14.3. The van der Waals surface area contributed by atoms with Crippen LogP contribution in [0, 0.1) is 0 Å². The van der Waals surface area contributed by atoms with Crippen LogP contribution in [0.4, 0.5) is 0 Å². The van der Waals surface area contributed by atoms with Crippen LogP contribution in [0.3, 0.4) is 0 Å². The Bertz CT molecular complexity index is 823.